The molecular weight excluding hydrogens is 520 g/mol. The second-order valence-corrected chi connectivity index (χ2v) is 9.85. The lowest BCUT2D eigenvalue weighted by molar-refractivity contribution is 0.0945. The Labute approximate surface area is 230 Å². The van der Waals surface area contributed by atoms with E-state index in [-0.39, 0.29) is 42.4 Å². The zero-order valence-electron chi connectivity index (χ0n) is 22.9. The first kappa shape index (κ1) is 27.4. The van der Waals surface area contributed by atoms with Crippen LogP contribution in [0.15, 0.2) is 36.7 Å². The number of nitrogens with one attached hydrogen (secondary N) is 1. The molecule has 40 heavy (non-hydrogen) atoms. The summed E-state index contributed by atoms with van der Waals surface area (Å²) in [4.78, 5) is 15.5. The normalized spacial score (nSPS) is 13.3. The van der Waals surface area contributed by atoms with Gasteiger partial charge in [-0.3, -0.25) is 9.48 Å². The number of likely N-dealkylation sites (N-methyl/N-ethyl adjacent to an activating group) is 1. The number of hydrogen-bond donors (Lipinski definition) is 1. The van der Waals surface area contributed by atoms with Crippen LogP contribution in [0, 0.1) is 18.6 Å². The molecule has 1 amide bonds. The number of amides is 1. The van der Waals surface area contributed by atoms with Gasteiger partial charge < -0.3 is 19.7 Å². The number of rotatable bonds is 9. The molecular formula is C28H31F2N7O3. The lowest BCUT2D eigenvalue weighted by atomic mass is 9.96. The van der Waals surface area contributed by atoms with Gasteiger partial charge in [0, 0.05) is 44.1 Å². The largest absolute Gasteiger partial charge is 0.494 e. The van der Waals surface area contributed by atoms with Crippen LogP contribution in [0.25, 0.3) is 5.69 Å². The van der Waals surface area contributed by atoms with E-state index in [1.54, 1.807) is 31.5 Å². The summed E-state index contributed by atoms with van der Waals surface area (Å²) in [5, 5.41) is 15.3. The SMILES string of the molecule is COCc1nn(Cc2ccc3c(c2F)CCN(C)C3)cc1C(=O)NCc1c(-n2cc(C)nn2)ccc(OC)c1F. The Bertz CT molecular complexity index is 1550. The van der Waals surface area contributed by atoms with E-state index >= 15 is 8.78 Å². The first-order valence-corrected chi connectivity index (χ1v) is 12.8. The number of aryl methyl sites for hydroxylation is 1. The highest BCUT2D eigenvalue weighted by atomic mass is 19.1. The zero-order chi connectivity index (χ0) is 28.4. The molecule has 5 rings (SSSR count). The number of carbonyl (C=O) groups is 1. The molecule has 0 radical (unpaired) electrons. The maximum atomic E-state index is 15.3. The number of aromatic nitrogens is 5. The summed E-state index contributed by atoms with van der Waals surface area (Å²) in [7, 11) is 4.88. The van der Waals surface area contributed by atoms with Crippen LogP contribution in [0.1, 0.15) is 44.0 Å². The molecule has 1 aliphatic heterocycles. The third-order valence-electron chi connectivity index (χ3n) is 6.98. The van der Waals surface area contributed by atoms with Crippen LogP contribution in [0.5, 0.6) is 5.75 Å². The van der Waals surface area contributed by atoms with Crippen molar-refractivity contribution in [1.82, 2.24) is 35.0 Å². The molecule has 12 heteroatoms. The van der Waals surface area contributed by atoms with Crippen LogP contribution < -0.4 is 10.1 Å². The number of benzene rings is 2. The number of fused-ring (bicyclic) bond motifs is 1. The standard InChI is InChI=1S/C28H31F2N7O3/c1-17-12-37(34-32-17)24-7-8-25(40-4)27(30)21(24)11-31-28(38)22-15-36(33-23(22)16-39-3)14-19-6-5-18-13-35(2)10-9-20(18)26(19)29/h5-8,12,15H,9-11,13-14,16H2,1-4H3,(H,31,38). The average molecular weight is 552 g/mol. The van der Waals surface area contributed by atoms with Gasteiger partial charge in [0.15, 0.2) is 11.6 Å². The molecule has 210 valence electrons. The minimum Gasteiger partial charge on any atom is -0.494 e. The molecule has 1 aliphatic rings. The Morgan fingerprint density at radius 1 is 1.12 bits per heavy atom. The number of halogens is 2. The maximum Gasteiger partial charge on any atom is 0.255 e. The summed E-state index contributed by atoms with van der Waals surface area (Å²) in [5.74, 6) is -1.29. The molecule has 0 fully saturated rings. The predicted molar refractivity (Wildman–Crippen MR) is 142 cm³/mol. The maximum absolute atomic E-state index is 15.3. The summed E-state index contributed by atoms with van der Waals surface area (Å²) >= 11 is 0. The molecule has 0 spiro atoms. The van der Waals surface area contributed by atoms with Crippen molar-refractivity contribution in [3.05, 3.63) is 87.5 Å². The third kappa shape index (κ3) is 5.45. The van der Waals surface area contributed by atoms with E-state index < -0.39 is 11.7 Å². The third-order valence-corrected chi connectivity index (χ3v) is 6.98. The monoisotopic (exact) mass is 551 g/mol. The van der Waals surface area contributed by atoms with Gasteiger partial charge in [-0.2, -0.15) is 5.10 Å². The van der Waals surface area contributed by atoms with Gasteiger partial charge >= 0.3 is 0 Å². The highest BCUT2D eigenvalue weighted by Crippen LogP contribution is 2.27. The van der Waals surface area contributed by atoms with Crippen molar-refractivity contribution in [2.75, 3.05) is 27.8 Å². The molecule has 0 bridgehead atoms. The molecule has 3 heterocycles. The molecule has 0 aliphatic carbocycles. The van der Waals surface area contributed by atoms with Crippen molar-refractivity contribution in [1.29, 1.82) is 0 Å². The van der Waals surface area contributed by atoms with Crippen molar-refractivity contribution in [2.45, 2.75) is 39.6 Å². The van der Waals surface area contributed by atoms with Crippen LogP contribution in [-0.4, -0.2) is 63.4 Å². The first-order valence-electron chi connectivity index (χ1n) is 12.8. The van der Waals surface area contributed by atoms with E-state index in [0.29, 0.717) is 35.6 Å². The average Bonchev–Trinajstić information content (AvgIpc) is 3.55. The van der Waals surface area contributed by atoms with E-state index in [9.17, 15) is 4.79 Å². The van der Waals surface area contributed by atoms with Crippen LogP contribution in [0.3, 0.4) is 0 Å². The van der Waals surface area contributed by atoms with Crippen LogP contribution in [0.2, 0.25) is 0 Å². The molecule has 2 aromatic carbocycles. The van der Waals surface area contributed by atoms with Gasteiger partial charge in [0.25, 0.3) is 5.91 Å². The Balaban J connectivity index is 1.39. The lowest BCUT2D eigenvalue weighted by Crippen LogP contribution is -2.27. The van der Waals surface area contributed by atoms with Crippen molar-refractivity contribution in [2.24, 2.45) is 0 Å². The molecule has 2 aromatic heterocycles. The lowest BCUT2D eigenvalue weighted by Gasteiger charge is -2.26. The van der Waals surface area contributed by atoms with Crippen LogP contribution >= 0.6 is 0 Å². The number of methoxy groups -OCH3 is 2. The highest BCUT2D eigenvalue weighted by Gasteiger charge is 2.23. The molecule has 1 N–H and O–H groups in total. The van der Waals surface area contributed by atoms with Gasteiger partial charge in [0.1, 0.15) is 11.5 Å². The second kappa shape index (κ2) is 11.5. The van der Waals surface area contributed by atoms with Crippen molar-refractivity contribution in [3.63, 3.8) is 0 Å². The fraction of sp³-hybridized carbons (Fsp3) is 0.357. The Morgan fingerprint density at radius 3 is 2.67 bits per heavy atom. The molecule has 0 saturated heterocycles. The van der Waals surface area contributed by atoms with E-state index in [1.807, 2.05) is 13.1 Å². The number of nitrogens with zero attached hydrogens (tertiary/aromatic N) is 6. The Morgan fingerprint density at radius 2 is 1.95 bits per heavy atom. The van der Waals surface area contributed by atoms with E-state index in [1.165, 1.54) is 29.6 Å². The van der Waals surface area contributed by atoms with Crippen molar-refractivity contribution >= 4 is 5.91 Å². The summed E-state index contributed by atoms with van der Waals surface area (Å²) < 4.78 is 44.0. The van der Waals surface area contributed by atoms with Crippen molar-refractivity contribution in [3.8, 4) is 11.4 Å². The number of ether oxygens (including phenoxy) is 2. The Hall–Kier alpha value is -4.16. The fourth-order valence-corrected chi connectivity index (χ4v) is 4.93. The highest BCUT2D eigenvalue weighted by molar-refractivity contribution is 5.95. The summed E-state index contributed by atoms with van der Waals surface area (Å²) in [6.45, 7) is 3.35. The van der Waals surface area contributed by atoms with E-state index in [4.69, 9.17) is 9.47 Å². The minimum absolute atomic E-state index is 0.0384. The summed E-state index contributed by atoms with van der Waals surface area (Å²) in [6.07, 6.45) is 3.86. The smallest absolute Gasteiger partial charge is 0.255 e. The second-order valence-electron chi connectivity index (χ2n) is 9.85. The number of carbonyl (C=O) groups excluding carboxylic acids is 1. The quantitative estimate of drug-likeness (QED) is 0.341. The van der Waals surface area contributed by atoms with Gasteiger partial charge in [-0.15, -0.1) is 5.10 Å². The van der Waals surface area contributed by atoms with Gasteiger partial charge in [-0.1, -0.05) is 17.3 Å². The first-order chi connectivity index (χ1) is 19.3. The van der Waals surface area contributed by atoms with E-state index in [2.05, 4.69) is 25.6 Å². The molecule has 0 unspecified atom stereocenters. The minimum atomic E-state index is -0.615. The summed E-state index contributed by atoms with van der Waals surface area (Å²) in [5.41, 5.74) is 4.11. The van der Waals surface area contributed by atoms with Crippen molar-refractivity contribution < 1.29 is 23.0 Å². The van der Waals surface area contributed by atoms with Crippen LogP contribution in [-0.2, 0) is 37.4 Å². The van der Waals surface area contributed by atoms with Crippen LogP contribution in [0.4, 0.5) is 8.78 Å². The molecule has 0 saturated carbocycles. The molecule has 10 nitrogen and oxygen atoms in total. The van der Waals surface area contributed by atoms with Gasteiger partial charge in [0.05, 0.1) is 43.4 Å². The zero-order valence-corrected chi connectivity index (χ0v) is 22.9. The fourth-order valence-electron chi connectivity index (χ4n) is 4.93. The number of hydrogen-bond acceptors (Lipinski definition) is 7. The van der Waals surface area contributed by atoms with Gasteiger partial charge in [0.2, 0.25) is 0 Å². The topological polar surface area (TPSA) is 99.3 Å². The molecule has 4 aromatic rings. The predicted octanol–water partition coefficient (Wildman–Crippen LogP) is 3.17. The molecule has 0 atom stereocenters. The summed E-state index contributed by atoms with van der Waals surface area (Å²) in [6, 6.07) is 6.86. The van der Waals surface area contributed by atoms with Gasteiger partial charge in [-0.25, -0.2) is 13.5 Å². The van der Waals surface area contributed by atoms with E-state index in [0.717, 1.165) is 17.7 Å². The van der Waals surface area contributed by atoms with Gasteiger partial charge in [-0.05, 0) is 43.7 Å². The Kier molecular flexibility index (Phi) is 7.90.